The molecule has 6 heteroatoms. The Balaban J connectivity index is 4.07. The van der Waals surface area contributed by atoms with E-state index in [0.29, 0.717) is 0 Å². The topological polar surface area (TPSA) is 66.4 Å². The molecule has 0 spiro atoms. The molecule has 0 aliphatic carbocycles. The van der Waals surface area contributed by atoms with Crippen LogP contribution in [0, 0.1) is 0 Å². The summed E-state index contributed by atoms with van der Waals surface area (Å²) in [6.45, 7) is 0. The monoisotopic (exact) mass is 173 g/mol. The van der Waals surface area contributed by atoms with Crippen LogP contribution in [0.4, 0.5) is 0 Å². The Labute approximate surface area is 57.0 Å². The third-order valence-corrected chi connectivity index (χ3v) is 3.20. The standard InChI is InChI=1S/C3H11NO3S2/c1-8(2,5)4-9(3,6)7/h4-5H,1-3H3. The Hall–Kier alpha value is 0.220. The van der Waals surface area contributed by atoms with Crippen molar-refractivity contribution in [3.63, 3.8) is 0 Å². The van der Waals surface area contributed by atoms with Crippen LogP contribution in [-0.4, -0.2) is 31.7 Å². The van der Waals surface area contributed by atoms with Crippen LogP contribution in [0.1, 0.15) is 0 Å². The van der Waals surface area contributed by atoms with Crippen molar-refractivity contribution in [2.24, 2.45) is 0 Å². The summed E-state index contributed by atoms with van der Waals surface area (Å²) in [6.07, 6.45) is 3.89. The first kappa shape index (κ1) is 9.22. The van der Waals surface area contributed by atoms with Crippen molar-refractivity contribution in [2.45, 2.75) is 0 Å². The molecular formula is C3H11NO3S2. The highest BCUT2D eigenvalue weighted by atomic mass is 32.3. The SMILES string of the molecule is CS(C)(O)NS(C)(=O)=O. The average molecular weight is 173 g/mol. The molecule has 0 fully saturated rings. The van der Waals surface area contributed by atoms with Crippen LogP contribution in [0.3, 0.4) is 0 Å². The summed E-state index contributed by atoms with van der Waals surface area (Å²) in [5.74, 6) is 0. The molecule has 0 bridgehead atoms. The zero-order valence-corrected chi connectivity index (χ0v) is 7.21. The second-order valence-corrected chi connectivity index (χ2v) is 6.89. The predicted octanol–water partition coefficient (Wildman–Crippen LogP) is -0.0122. The number of sulfonamides is 1. The fraction of sp³-hybridized carbons (Fsp3) is 1.00. The molecule has 0 saturated carbocycles. The third-order valence-electron chi connectivity index (χ3n) is 0.355. The maximum atomic E-state index is 10.4. The lowest BCUT2D eigenvalue weighted by molar-refractivity contribution is 0.593. The van der Waals surface area contributed by atoms with E-state index in [1.54, 1.807) is 0 Å². The zero-order valence-electron chi connectivity index (χ0n) is 5.58. The van der Waals surface area contributed by atoms with Crippen molar-refractivity contribution in [2.75, 3.05) is 18.8 Å². The minimum absolute atomic E-state index is 1.01. The fourth-order valence-corrected chi connectivity index (χ4v) is 3.33. The van der Waals surface area contributed by atoms with Gasteiger partial charge in [0.1, 0.15) is 0 Å². The molecule has 0 atom stereocenters. The second kappa shape index (κ2) is 2.45. The van der Waals surface area contributed by atoms with Gasteiger partial charge >= 0.3 is 0 Å². The van der Waals surface area contributed by atoms with Crippen molar-refractivity contribution in [1.29, 1.82) is 0 Å². The van der Waals surface area contributed by atoms with E-state index >= 15 is 0 Å². The van der Waals surface area contributed by atoms with Gasteiger partial charge < -0.3 is 4.55 Å². The van der Waals surface area contributed by atoms with Crippen LogP contribution in [0.2, 0.25) is 0 Å². The first-order valence-electron chi connectivity index (χ1n) is 2.15. The van der Waals surface area contributed by atoms with Gasteiger partial charge in [0.25, 0.3) is 0 Å². The number of hydrogen-bond acceptors (Lipinski definition) is 3. The summed E-state index contributed by atoms with van der Waals surface area (Å²) in [5, 5.41) is 0. The van der Waals surface area contributed by atoms with E-state index in [-0.39, 0.29) is 0 Å². The molecule has 0 aromatic heterocycles. The van der Waals surface area contributed by atoms with E-state index in [2.05, 4.69) is 4.13 Å². The number of hydrogen-bond donors (Lipinski definition) is 2. The van der Waals surface area contributed by atoms with E-state index in [1.165, 1.54) is 12.5 Å². The molecule has 0 saturated heterocycles. The molecule has 0 radical (unpaired) electrons. The lowest BCUT2D eigenvalue weighted by Gasteiger charge is -2.22. The molecule has 0 unspecified atom stereocenters. The molecule has 0 aliphatic heterocycles. The van der Waals surface area contributed by atoms with E-state index in [0.717, 1.165) is 6.26 Å². The van der Waals surface area contributed by atoms with Crippen LogP contribution in [0.5, 0.6) is 0 Å². The van der Waals surface area contributed by atoms with Gasteiger partial charge in [0.05, 0.1) is 6.26 Å². The first-order chi connectivity index (χ1) is 3.71. The van der Waals surface area contributed by atoms with Crippen molar-refractivity contribution in [1.82, 2.24) is 4.13 Å². The predicted molar refractivity (Wildman–Crippen MR) is 40.0 cm³/mol. The van der Waals surface area contributed by atoms with Gasteiger partial charge in [-0.15, -0.1) is 0 Å². The lowest BCUT2D eigenvalue weighted by atomic mass is 11.9. The van der Waals surface area contributed by atoms with Crippen molar-refractivity contribution in [3.05, 3.63) is 0 Å². The first-order valence-corrected chi connectivity index (χ1v) is 6.45. The van der Waals surface area contributed by atoms with Gasteiger partial charge in [-0.2, -0.15) is 4.13 Å². The summed E-state index contributed by atoms with van der Waals surface area (Å²) in [6, 6.07) is 0. The molecule has 9 heavy (non-hydrogen) atoms. The summed E-state index contributed by atoms with van der Waals surface area (Å²) < 4.78 is 31.8. The molecule has 0 rings (SSSR count). The minimum Gasteiger partial charge on any atom is -0.338 e. The van der Waals surface area contributed by atoms with Gasteiger partial charge in [0.15, 0.2) is 0 Å². The third kappa shape index (κ3) is 8.22. The minimum atomic E-state index is -3.24. The summed E-state index contributed by atoms with van der Waals surface area (Å²) in [7, 11) is -5.36. The average Bonchev–Trinajstić information content (AvgIpc) is 1.14. The summed E-state index contributed by atoms with van der Waals surface area (Å²) >= 11 is 0. The smallest absolute Gasteiger partial charge is 0.218 e. The van der Waals surface area contributed by atoms with E-state index in [1.807, 2.05) is 0 Å². The molecule has 0 amide bonds. The van der Waals surface area contributed by atoms with Crippen LogP contribution < -0.4 is 4.13 Å². The van der Waals surface area contributed by atoms with Gasteiger partial charge in [-0.3, -0.25) is 0 Å². The Morgan fingerprint density at radius 3 is 1.56 bits per heavy atom. The maximum Gasteiger partial charge on any atom is 0.218 e. The highest BCUT2D eigenvalue weighted by Crippen LogP contribution is 2.28. The van der Waals surface area contributed by atoms with E-state index in [4.69, 9.17) is 4.55 Å². The molecule has 2 N–H and O–H groups in total. The molecule has 0 heterocycles. The fourth-order valence-electron chi connectivity index (χ4n) is 0.370. The lowest BCUT2D eigenvalue weighted by Crippen LogP contribution is -2.24. The quantitative estimate of drug-likeness (QED) is 0.617. The zero-order chi connectivity index (χ0) is 7.71. The molecule has 0 aliphatic rings. The highest BCUT2D eigenvalue weighted by Gasteiger charge is 2.11. The van der Waals surface area contributed by atoms with E-state index < -0.39 is 20.5 Å². The summed E-state index contributed by atoms with van der Waals surface area (Å²) in [4.78, 5) is 0. The van der Waals surface area contributed by atoms with E-state index in [9.17, 15) is 8.42 Å². The molecular weight excluding hydrogens is 162 g/mol. The van der Waals surface area contributed by atoms with Crippen molar-refractivity contribution >= 4 is 20.5 Å². The Kier molecular flexibility index (Phi) is 2.51. The van der Waals surface area contributed by atoms with Gasteiger partial charge in [-0.1, -0.05) is 10.5 Å². The second-order valence-electron chi connectivity index (χ2n) is 2.13. The maximum absolute atomic E-state index is 10.4. The van der Waals surface area contributed by atoms with Crippen LogP contribution in [0.25, 0.3) is 0 Å². The van der Waals surface area contributed by atoms with Crippen LogP contribution in [0.15, 0.2) is 0 Å². The molecule has 4 nitrogen and oxygen atoms in total. The number of nitrogens with one attached hydrogen (secondary N) is 1. The molecule has 0 aromatic rings. The normalized spacial score (nSPS) is 15.6. The number of rotatable bonds is 2. The Morgan fingerprint density at radius 1 is 1.22 bits per heavy atom. The van der Waals surface area contributed by atoms with Crippen molar-refractivity contribution < 1.29 is 13.0 Å². The van der Waals surface area contributed by atoms with Crippen LogP contribution in [-0.2, 0) is 10.0 Å². The largest absolute Gasteiger partial charge is 0.338 e. The van der Waals surface area contributed by atoms with Crippen LogP contribution >= 0.6 is 10.5 Å². The van der Waals surface area contributed by atoms with Crippen molar-refractivity contribution in [3.8, 4) is 0 Å². The summed E-state index contributed by atoms with van der Waals surface area (Å²) in [5.41, 5.74) is 0. The van der Waals surface area contributed by atoms with Gasteiger partial charge in [-0.05, 0) is 0 Å². The van der Waals surface area contributed by atoms with Gasteiger partial charge in [0.2, 0.25) is 10.0 Å². The van der Waals surface area contributed by atoms with Gasteiger partial charge in [0, 0.05) is 12.5 Å². The van der Waals surface area contributed by atoms with Gasteiger partial charge in [-0.25, -0.2) is 8.42 Å². The molecule has 58 valence electrons. The molecule has 0 aromatic carbocycles. The Morgan fingerprint density at radius 2 is 1.56 bits per heavy atom. The Bertz CT molecular complexity index is 178. The highest BCUT2D eigenvalue weighted by molar-refractivity contribution is 8.31.